The molecule has 0 radical (unpaired) electrons. The largest absolute Gasteiger partial charge is 0.396 e. The number of rotatable bonds is 4. The van der Waals surface area contributed by atoms with E-state index in [0.717, 1.165) is 0 Å². The monoisotopic (exact) mass is 134 g/mol. The van der Waals surface area contributed by atoms with Crippen LogP contribution in [0.5, 0.6) is 0 Å². The predicted molar refractivity (Wildman–Crippen MR) is 33.8 cm³/mol. The Hall–Kier alpha value is -0.120. The Balaban J connectivity index is 3.07. The summed E-state index contributed by atoms with van der Waals surface area (Å²) in [5.74, 6) is -1.56. The van der Waals surface area contributed by atoms with Crippen LogP contribution < -0.4 is 0 Å². The Morgan fingerprint density at radius 3 is 2.11 bits per heavy atom. The summed E-state index contributed by atoms with van der Waals surface area (Å²) in [6.45, 7) is 1.46. The van der Waals surface area contributed by atoms with Crippen molar-refractivity contribution < 1.29 is 15.3 Å². The Labute approximate surface area is 54.9 Å². The minimum atomic E-state index is -1.56. The third kappa shape index (κ3) is 7.88. The first-order valence-corrected chi connectivity index (χ1v) is 3.12. The molecule has 0 aliphatic heterocycles. The van der Waals surface area contributed by atoms with E-state index in [9.17, 15) is 0 Å². The molecule has 3 heteroatoms. The lowest BCUT2D eigenvalue weighted by Crippen LogP contribution is -2.22. The molecule has 9 heavy (non-hydrogen) atoms. The van der Waals surface area contributed by atoms with E-state index in [2.05, 4.69) is 0 Å². The van der Waals surface area contributed by atoms with Gasteiger partial charge in [-0.1, -0.05) is 0 Å². The molecule has 0 aliphatic carbocycles. The second-order valence-electron chi connectivity index (χ2n) is 2.40. The summed E-state index contributed by atoms with van der Waals surface area (Å²) in [5.41, 5.74) is 0. The molecule has 0 heterocycles. The van der Waals surface area contributed by atoms with E-state index in [1.54, 1.807) is 0 Å². The van der Waals surface area contributed by atoms with Crippen LogP contribution >= 0.6 is 0 Å². The van der Waals surface area contributed by atoms with Gasteiger partial charge in [-0.3, -0.25) is 0 Å². The number of hydrogen-bond acceptors (Lipinski definition) is 3. The molecule has 0 unspecified atom stereocenters. The first-order valence-electron chi connectivity index (χ1n) is 3.12. The standard InChI is InChI=1S/C6H14O3/c1-6(8,9)4-2-3-5-7/h7-9H,2-5H2,1H3. The minimum Gasteiger partial charge on any atom is -0.396 e. The van der Waals surface area contributed by atoms with Crippen LogP contribution in [0.2, 0.25) is 0 Å². The molecule has 0 aromatic heterocycles. The second-order valence-corrected chi connectivity index (χ2v) is 2.40. The summed E-state index contributed by atoms with van der Waals surface area (Å²) >= 11 is 0. The zero-order chi connectivity index (χ0) is 7.33. The lowest BCUT2D eigenvalue weighted by atomic mass is 10.1. The van der Waals surface area contributed by atoms with Crippen molar-refractivity contribution in [3.63, 3.8) is 0 Å². The molecular formula is C6H14O3. The molecule has 56 valence electrons. The van der Waals surface area contributed by atoms with Crippen molar-refractivity contribution in [2.24, 2.45) is 0 Å². The SMILES string of the molecule is CC(O)(O)CCCCO. The Bertz CT molecular complexity index is 65.2. The van der Waals surface area contributed by atoms with Gasteiger partial charge in [0.15, 0.2) is 5.79 Å². The molecule has 0 fully saturated rings. The van der Waals surface area contributed by atoms with Crippen molar-refractivity contribution in [3.8, 4) is 0 Å². The smallest absolute Gasteiger partial charge is 0.159 e. The molecule has 0 saturated heterocycles. The van der Waals surface area contributed by atoms with Gasteiger partial charge < -0.3 is 15.3 Å². The minimum absolute atomic E-state index is 0.121. The van der Waals surface area contributed by atoms with Gasteiger partial charge in [0.1, 0.15) is 0 Å². The average molecular weight is 134 g/mol. The molecule has 3 N–H and O–H groups in total. The van der Waals surface area contributed by atoms with E-state index in [-0.39, 0.29) is 6.61 Å². The summed E-state index contributed by atoms with van der Waals surface area (Å²) < 4.78 is 0. The van der Waals surface area contributed by atoms with E-state index >= 15 is 0 Å². The fourth-order valence-corrected chi connectivity index (χ4v) is 0.572. The zero-order valence-electron chi connectivity index (χ0n) is 5.67. The van der Waals surface area contributed by atoms with E-state index in [1.807, 2.05) is 0 Å². The molecule has 3 nitrogen and oxygen atoms in total. The Morgan fingerprint density at radius 2 is 1.78 bits per heavy atom. The van der Waals surface area contributed by atoms with Crippen molar-refractivity contribution in [3.05, 3.63) is 0 Å². The van der Waals surface area contributed by atoms with Gasteiger partial charge in [0.25, 0.3) is 0 Å². The van der Waals surface area contributed by atoms with Gasteiger partial charge in [-0.25, -0.2) is 0 Å². The highest BCUT2D eigenvalue weighted by Gasteiger charge is 2.12. The molecule has 0 aliphatic rings. The molecular weight excluding hydrogens is 120 g/mol. The van der Waals surface area contributed by atoms with Crippen molar-refractivity contribution >= 4 is 0 Å². The van der Waals surface area contributed by atoms with Gasteiger partial charge >= 0.3 is 0 Å². The van der Waals surface area contributed by atoms with Crippen molar-refractivity contribution in [1.29, 1.82) is 0 Å². The topological polar surface area (TPSA) is 60.7 Å². The van der Waals surface area contributed by atoms with Gasteiger partial charge in [-0.2, -0.15) is 0 Å². The summed E-state index contributed by atoms with van der Waals surface area (Å²) in [5, 5.41) is 25.7. The highest BCUT2D eigenvalue weighted by molar-refractivity contribution is 4.55. The number of aliphatic hydroxyl groups excluding tert-OH is 1. The fourth-order valence-electron chi connectivity index (χ4n) is 0.572. The van der Waals surface area contributed by atoms with E-state index in [1.165, 1.54) is 6.92 Å². The first-order chi connectivity index (χ1) is 4.06. The van der Waals surface area contributed by atoms with Crippen LogP contribution in [0.15, 0.2) is 0 Å². The average Bonchev–Trinajstić information content (AvgIpc) is 1.63. The van der Waals surface area contributed by atoms with Crippen molar-refractivity contribution in [2.45, 2.75) is 32.0 Å². The third-order valence-corrected chi connectivity index (χ3v) is 1.06. The Morgan fingerprint density at radius 1 is 1.22 bits per heavy atom. The molecule has 0 aromatic carbocycles. The molecule has 0 rings (SSSR count). The fraction of sp³-hybridized carbons (Fsp3) is 1.00. The second kappa shape index (κ2) is 3.82. The number of unbranched alkanes of at least 4 members (excludes halogenated alkanes) is 1. The summed E-state index contributed by atoms with van der Waals surface area (Å²) in [6, 6.07) is 0. The van der Waals surface area contributed by atoms with Crippen molar-refractivity contribution in [1.82, 2.24) is 0 Å². The summed E-state index contributed by atoms with van der Waals surface area (Å²) in [6.07, 6.45) is 1.62. The maximum atomic E-state index is 8.72. The van der Waals surface area contributed by atoms with E-state index in [4.69, 9.17) is 15.3 Å². The highest BCUT2D eigenvalue weighted by Crippen LogP contribution is 2.08. The lowest BCUT2D eigenvalue weighted by molar-refractivity contribution is -0.150. The number of hydrogen-bond donors (Lipinski definition) is 3. The molecule has 0 aromatic rings. The van der Waals surface area contributed by atoms with Crippen LogP contribution in [-0.2, 0) is 0 Å². The quantitative estimate of drug-likeness (QED) is 0.370. The van der Waals surface area contributed by atoms with Gasteiger partial charge in [-0.15, -0.1) is 0 Å². The van der Waals surface area contributed by atoms with Gasteiger partial charge in [0.2, 0.25) is 0 Å². The summed E-state index contributed by atoms with van der Waals surface area (Å²) in [4.78, 5) is 0. The van der Waals surface area contributed by atoms with Gasteiger partial charge in [0, 0.05) is 13.0 Å². The molecule has 0 bridgehead atoms. The molecule has 0 saturated carbocycles. The van der Waals surface area contributed by atoms with Crippen LogP contribution in [0.3, 0.4) is 0 Å². The third-order valence-electron chi connectivity index (χ3n) is 1.06. The summed E-state index contributed by atoms with van der Waals surface area (Å²) in [7, 11) is 0. The highest BCUT2D eigenvalue weighted by atomic mass is 16.5. The van der Waals surface area contributed by atoms with Gasteiger partial charge in [-0.05, 0) is 19.8 Å². The zero-order valence-corrected chi connectivity index (χ0v) is 5.67. The maximum absolute atomic E-state index is 8.72. The normalized spacial score (nSPS) is 12.0. The van der Waals surface area contributed by atoms with Gasteiger partial charge in [0.05, 0.1) is 0 Å². The molecule has 0 atom stereocenters. The number of aliphatic hydroxyl groups is 3. The Kier molecular flexibility index (Phi) is 3.77. The van der Waals surface area contributed by atoms with Crippen LogP contribution in [0.1, 0.15) is 26.2 Å². The van der Waals surface area contributed by atoms with E-state index in [0.29, 0.717) is 19.3 Å². The van der Waals surface area contributed by atoms with E-state index < -0.39 is 5.79 Å². The van der Waals surface area contributed by atoms with Crippen molar-refractivity contribution in [2.75, 3.05) is 6.61 Å². The van der Waals surface area contributed by atoms with Crippen LogP contribution in [-0.4, -0.2) is 27.7 Å². The molecule has 0 spiro atoms. The van der Waals surface area contributed by atoms with Crippen LogP contribution in [0.25, 0.3) is 0 Å². The maximum Gasteiger partial charge on any atom is 0.159 e. The van der Waals surface area contributed by atoms with Crippen LogP contribution in [0, 0.1) is 0 Å². The lowest BCUT2D eigenvalue weighted by Gasteiger charge is -2.14. The van der Waals surface area contributed by atoms with Crippen LogP contribution in [0.4, 0.5) is 0 Å². The molecule has 0 amide bonds. The first kappa shape index (κ1) is 8.88. The predicted octanol–water partition coefficient (Wildman–Crippen LogP) is -0.150.